The molecule has 0 amide bonds. The first-order valence-corrected chi connectivity index (χ1v) is 6.42. The van der Waals surface area contributed by atoms with Gasteiger partial charge in [0.05, 0.1) is 5.92 Å². The summed E-state index contributed by atoms with van der Waals surface area (Å²) in [5.74, 6) is -0.341. The highest BCUT2D eigenvalue weighted by molar-refractivity contribution is 9.10. The number of halogens is 1. The topological polar surface area (TPSA) is 37.3 Å². The Bertz CT molecular complexity index is 436. The van der Waals surface area contributed by atoms with Gasteiger partial charge >= 0.3 is 5.97 Å². The lowest BCUT2D eigenvalue weighted by atomic mass is 9.57. The molecule has 3 heteroatoms. The Labute approximate surface area is 103 Å². The van der Waals surface area contributed by atoms with Gasteiger partial charge in [-0.25, -0.2) is 0 Å². The molecule has 0 aromatic heterocycles. The molecule has 0 saturated heterocycles. The number of fused-ring (bicyclic) bond motifs is 1. The van der Waals surface area contributed by atoms with Crippen LogP contribution in [0.15, 0.2) is 28.7 Å². The molecule has 2 nitrogen and oxygen atoms in total. The first-order chi connectivity index (χ1) is 7.63. The van der Waals surface area contributed by atoms with Crippen molar-refractivity contribution in [2.24, 2.45) is 11.8 Å². The fourth-order valence-corrected chi connectivity index (χ4v) is 3.90. The van der Waals surface area contributed by atoms with Crippen LogP contribution in [0.3, 0.4) is 0 Å². The number of carboxylic acids is 1. The van der Waals surface area contributed by atoms with Crippen LogP contribution in [-0.4, -0.2) is 11.1 Å². The van der Waals surface area contributed by atoms with Crippen LogP contribution in [-0.2, 0) is 10.2 Å². The quantitative estimate of drug-likeness (QED) is 0.903. The first-order valence-electron chi connectivity index (χ1n) is 5.62. The number of carboxylic acid groups (broad SMARTS) is 1. The zero-order valence-electron chi connectivity index (χ0n) is 8.82. The van der Waals surface area contributed by atoms with Crippen LogP contribution in [0.25, 0.3) is 0 Å². The number of rotatable bonds is 2. The molecule has 3 fully saturated rings. The van der Waals surface area contributed by atoms with Crippen molar-refractivity contribution in [2.45, 2.75) is 24.7 Å². The second kappa shape index (κ2) is 3.33. The predicted octanol–water partition coefficient (Wildman–Crippen LogP) is 3.20. The molecule has 2 bridgehead atoms. The Kier molecular flexibility index (Phi) is 2.15. The molecular formula is C13H13BrO2. The third-order valence-electron chi connectivity index (χ3n) is 4.34. The molecule has 0 radical (unpaired) electrons. The number of hydrogen-bond donors (Lipinski definition) is 1. The minimum atomic E-state index is -0.614. The maximum Gasteiger partial charge on any atom is 0.307 e. The van der Waals surface area contributed by atoms with Crippen molar-refractivity contribution < 1.29 is 9.90 Å². The van der Waals surface area contributed by atoms with Gasteiger partial charge in [0.1, 0.15) is 0 Å². The van der Waals surface area contributed by atoms with Crippen LogP contribution >= 0.6 is 15.9 Å². The van der Waals surface area contributed by atoms with Crippen LogP contribution in [0.1, 0.15) is 24.8 Å². The lowest BCUT2D eigenvalue weighted by molar-refractivity contribution is -0.150. The van der Waals surface area contributed by atoms with E-state index in [1.165, 1.54) is 5.56 Å². The van der Waals surface area contributed by atoms with Crippen molar-refractivity contribution in [1.29, 1.82) is 0 Å². The summed E-state index contributed by atoms with van der Waals surface area (Å²) in [6, 6.07) is 8.16. The van der Waals surface area contributed by atoms with E-state index < -0.39 is 5.97 Å². The summed E-state index contributed by atoms with van der Waals surface area (Å²) >= 11 is 3.41. The van der Waals surface area contributed by atoms with Gasteiger partial charge in [0.2, 0.25) is 0 Å². The van der Waals surface area contributed by atoms with Crippen LogP contribution in [0, 0.1) is 11.8 Å². The van der Waals surface area contributed by atoms with Crippen molar-refractivity contribution in [2.75, 3.05) is 0 Å². The van der Waals surface area contributed by atoms with Crippen molar-refractivity contribution in [3.05, 3.63) is 34.3 Å². The van der Waals surface area contributed by atoms with Crippen LogP contribution < -0.4 is 0 Å². The number of aliphatic carboxylic acids is 1. The summed E-state index contributed by atoms with van der Waals surface area (Å²) in [6.45, 7) is 0. The highest BCUT2D eigenvalue weighted by atomic mass is 79.9. The molecule has 3 saturated carbocycles. The molecule has 1 aromatic rings. The van der Waals surface area contributed by atoms with Crippen molar-refractivity contribution in [1.82, 2.24) is 0 Å². The lowest BCUT2D eigenvalue weighted by Gasteiger charge is -2.45. The van der Waals surface area contributed by atoms with Gasteiger partial charge in [0.25, 0.3) is 0 Å². The number of benzene rings is 1. The Morgan fingerprint density at radius 1 is 1.38 bits per heavy atom. The summed E-state index contributed by atoms with van der Waals surface area (Å²) in [5.41, 5.74) is 1.15. The van der Waals surface area contributed by atoms with Gasteiger partial charge in [-0.05, 0) is 42.9 Å². The molecule has 4 rings (SSSR count). The van der Waals surface area contributed by atoms with Crippen LogP contribution in [0.5, 0.6) is 0 Å². The van der Waals surface area contributed by atoms with Crippen molar-refractivity contribution in [3.63, 3.8) is 0 Å². The lowest BCUT2D eigenvalue weighted by Crippen LogP contribution is -2.48. The summed E-state index contributed by atoms with van der Waals surface area (Å²) < 4.78 is 1.05. The van der Waals surface area contributed by atoms with Crippen LogP contribution in [0.2, 0.25) is 0 Å². The number of hydrogen-bond acceptors (Lipinski definition) is 1. The molecule has 3 aliphatic rings. The Hall–Kier alpha value is -0.830. The van der Waals surface area contributed by atoms with Gasteiger partial charge in [-0.3, -0.25) is 4.79 Å². The normalized spacial score (nSPS) is 35.8. The minimum Gasteiger partial charge on any atom is -0.481 e. The van der Waals surface area contributed by atoms with E-state index in [-0.39, 0.29) is 11.3 Å². The molecule has 3 atom stereocenters. The van der Waals surface area contributed by atoms with Gasteiger partial charge < -0.3 is 5.11 Å². The summed E-state index contributed by atoms with van der Waals surface area (Å²) in [6.07, 6.45) is 3.18. The highest BCUT2D eigenvalue weighted by Crippen LogP contribution is 2.63. The smallest absolute Gasteiger partial charge is 0.307 e. The monoisotopic (exact) mass is 280 g/mol. The standard InChI is InChI=1S/C13H13BrO2/c14-10-3-1-9(2-4-10)13-6-5-8(7-13)11(13)12(15)16/h1-4,8,11H,5-7H2,(H,15,16)/t8-,11+,13+/m1/s1. The molecular weight excluding hydrogens is 268 g/mol. The SMILES string of the molecule is O=C(O)[C@@H]1[C@@H]2CC[C@@]1(c1ccc(Br)cc1)C2. The van der Waals surface area contributed by atoms with Gasteiger partial charge in [-0.1, -0.05) is 28.1 Å². The van der Waals surface area contributed by atoms with Gasteiger partial charge in [0, 0.05) is 9.89 Å². The Morgan fingerprint density at radius 3 is 2.62 bits per heavy atom. The molecule has 1 N–H and O–H groups in total. The molecule has 0 aliphatic heterocycles. The Morgan fingerprint density at radius 2 is 2.06 bits per heavy atom. The maximum atomic E-state index is 11.3. The zero-order chi connectivity index (χ0) is 11.3. The van der Waals surface area contributed by atoms with E-state index in [0.717, 1.165) is 23.7 Å². The molecule has 16 heavy (non-hydrogen) atoms. The molecule has 84 valence electrons. The second-order valence-corrected chi connectivity index (χ2v) is 5.90. The molecule has 3 aliphatic carbocycles. The van der Waals surface area contributed by atoms with E-state index in [1.807, 2.05) is 12.1 Å². The average molecular weight is 281 g/mol. The highest BCUT2D eigenvalue weighted by Gasteiger charge is 2.62. The average Bonchev–Trinajstić information content (AvgIpc) is 2.76. The first kappa shape index (κ1) is 10.3. The van der Waals surface area contributed by atoms with Gasteiger partial charge in [-0.15, -0.1) is 0 Å². The van der Waals surface area contributed by atoms with E-state index in [4.69, 9.17) is 0 Å². The maximum absolute atomic E-state index is 11.3. The molecule has 1 aromatic carbocycles. The summed E-state index contributed by atoms with van der Waals surface area (Å²) in [5, 5.41) is 9.29. The fourth-order valence-electron chi connectivity index (χ4n) is 3.63. The van der Waals surface area contributed by atoms with Crippen molar-refractivity contribution in [3.8, 4) is 0 Å². The van der Waals surface area contributed by atoms with Crippen molar-refractivity contribution >= 4 is 21.9 Å². The fraction of sp³-hybridized carbons (Fsp3) is 0.462. The van der Waals surface area contributed by atoms with E-state index in [9.17, 15) is 9.90 Å². The van der Waals surface area contributed by atoms with Gasteiger partial charge in [0.15, 0.2) is 0 Å². The third kappa shape index (κ3) is 1.21. The summed E-state index contributed by atoms with van der Waals surface area (Å²) in [7, 11) is 0. The van der Waals surface area contributed by atoms with E-state index in [2.05, 4.69) is 28.1 Å². The summed E-state index contributed by atoms with van der Waals surface area (Å²) in [4.78, 5) is 11.3. The molecule has 0 spiro atoms. The Balaban J connectivity index is 2.00. The molecule has 0 unspecified atom stereocenters. The van der Waals surface area contributed by atoms with E-state index in [0.29, 0.717) is 5.92 Å². The predicted molar refractivity (Wildman–Crippen MR) is 64.3 cm³/mol. The molecule has 0 heterocycles. The van der Waals surface area contributed by atoms with Crippen LogP contribution in [0.4, 0.5) is 0 Å². The van der Waals surface area contributed by atoms with Gasteiger partial charge in [-0.2, -0.15) is 0 Å². The minimum absolute atomic E-state index is 0.0583. The second-order valence-electron chi connectivity index (χ2n) is 4.98. The van der Waals surface area contributed by atoms with E-state index >= 15 is 0 Å². The number of carbonyl (C=O) groups is 1. The largest absolute Gasteiger partial charge is 0.481 e. The third-order valence-corrected chi connectivity index (χ3v) is 4.87. The van der Waals surface area contributed by atoms with E-state index in [1.54, 1.807) is 0 Å². The zero-order valence-corrected chi connectivity index (χ0v) is 10.4.